The molecule has 34 heavy (non-hydrogen) atoms. The van der Waals surface area contributed by atoms with Gasteiger partial charge in [-0.1, -0.05) is 18.2 Å². The third-order valence-electron chi connectivity index (χ3n) is 5.78. The van der Waals surface area contributed by atoms with E-state index in [9.17, 15) is 28.1 Å². The number of nitrogens with one attached hydrogen (secondary N) is 2. The van der Waals surface area contributed by atoms with Gasteiger partial charge in [0.25, 0.3) is 5.69 Å². The van der Waals surface area contributed by atoms with Gasteiger partial charge in [0.05, 0.1) is 9.82 Å². The number of nitro groups is 1. The summed E-state index contributed by atoms with van der Waals surface area (Å²) >= 11 is 0. The van der Waals surface area contributed by atoms with Gasteiger partial charge in [0.15, 0.2) is 0 Å². The number of urea groups is 1. The second-order valence-electron chi connectivity index (χ2n) is 8.27. The van der Waals surface area contributed by atoms with Gasteiger partial charge in [0, 0.05) is 56.5 Å². The molecule has 0 unspecified atom stereocenters. The van der Waals surface area contributed by atoms with E-state index in [4.69, 9.17) is 0 Å². The highest BCUT2D eigenvalue weighted by atomic mass is 32.2. The van der Waals surface area contributed by atoms with Crippen LogP contribution in [0, 0.1) is 16.0 Å². The highest BCUT2D eigenvalue weighted by molar-refractivity contribution is 7.89. The molecule has 1 saturated carbocycles. The largest absolute Gasteiger partial charge is 0.334 e. The van der Waals surface area contributed by atoms with E-state index in [1.165, 1.54) is 27.4 Å². The molecule has 11 nitrogen and oxygen atoms in total. The standard InChI is InChI=1S/C22H25N5O6S/c28-21(17-7-8-17)24-18-4-1-3-16(13-18)15-23-22(29)25-9-11-26(12-10-25)34(32,33)20-6-2-5-19(14-20)27(30)31/h1-6,13-14,17H,7-12,15H2,(H,23,29)(H,24,28). The number of anilines is 1. The number of benzene rings is 2. The fraction of sp³-hybridized carbons (Fsp3) is 0.364. The average Bonchev–Trinajstić information content (AvgIpc) is 3.69. The van der Waals surface area contributed by atoms with Crippen molar-refractivity contribution in [2.75, 3.05) is 31.5 Å². The molecular weight excluding hydrogens is 462 g/mol. The lowest BCUT2D eigenvalue weighted by Gasteiger charge is -2.34. The third-order valence-corrected chi connectivity index (χ3v) is 7.67. The zero-order chi connectivity index (χ0) is 24.3. The summed E-state index contributed by atoms with van der Waals surface area (Å²) in [5.74, 6) is 0.113. The molecule has 2 N–H and O–H groups in total. The lowest BCUT2D eigenvalue weighted by molar-refractivity contribution is -0.385. The van der Waals surface area contributed by atoms with E-state index in [0.29, 0.717) is 5.69 Å². The van der Waals surface area contributed by atoms with Gasteiger partial charge >= 0.3 is 6.03 Å². The first-order valence-electron chi connectivity index (χ1n) is 10.9. The van der Waals surface area contributed by atoms with Gasteiger partial charge in [-0.2, -0.15) is 4.31 Å². The number of sulfonamides is 1. The molecular formula is C22H25N5O6S. The first kappa shape index (κ1) is 23.6. The summed E-state index contributed by atoms with van der Waals surface area (Å²) in [5, 5.41) is 16.7. The van der Waals surface area contributed by atoms with Crippen LogP contribution >= 0.6 is 0 Å². The van der Waals surface area contributed by atoms with Crippen molar-refractivity contribution in [3.63, 3.8) is 0 Å². The molecule has 2 aliphatic rings. The smallest absolute Gasteiger partial charge is 0.317 e. The maximum atomic E-state index is 12.9. The molecule has 0 radical (unpaired) electrons. The number of non-ortho nitro benzene ring substituents is 1. The fourth-order valence-electron chi connectivity index (χ4n) is 3.68. The number of nitro benzene ring substituents is 1. The molecule has 1 heterocycles. The van der Waals surface area contributed by atoms with Crippen LogP contribution in [0.5, 0.6) is 0 Å². The quantitative estimate of drug-likeness (QED) is 0.453. The van der Waals surface area contributed by atoms with Crippen molar-refractivity contribution in [3.05, 3.63) is 64.2 Å². The zero-order valence-electron chi connectivity index (χ0n) is 18.3. The Morgan fingerprint density at radius 1 is 1.03 bits per heavy atom. The van der Waals surface area contributed by atoms with Crippen LogP contribution in [0.1, 0.15) is 18.4 Å². The molecule has 0 spiro atoms. The Balaban J connectivity index is 1.29. The minimum atomic E-state index is -3.90. The van der Waals surface area contributed by atoms with E-state index in [1.54, 1.807) is 6.07 Å². The van der Waals surface area contributed by atoms with Crippen molar-refractivity contribution < 1.29 is 22.9 Å². The molecule has 0 atom stereocenters. The van der Waals surface area contributed by atoms with Gasteiger partial charge in [0.2, 0.25) is 15.9 Å². The molecule has 2 aromatic rings. The summed E-state index contributed by atoms with van der Waals surface area (Å²) in [6, 6.07) is 11.9. The first-order chi connectivity index (χ1) is 16.2. The molecule has 1 aliphatic carbocycles. The van der Waals surface area contributed by atoms with Gasteiger partial charge in [0.1, 0.15) is 0 Å². The van der Waals surface area contributed by atoms with Gasteiger partial charge in [-0.3, -0.25) is 14.9 Å². The van der Waals surface area contributed by atoms with Crippen LogP contribution in [-0.4, -0.2) is 60.7 Å². The number of carbonyl (C=O) groups is 2. The van der Waals surface area contributed by atoms with E-state index < -0.39 is 14.9 Å². The van der Waals surface area contributed by atoms with Gasteiger partial charge < -0.3 is 15.5 Å². The van der Waals surface area contributed by atoms with E-state index in [1.807, 2.05) is 18.2 Å². The summed E-state index contributed by atoms with van der Waals surface area (Å²) in [6.07, 6.45) is 1.84. The second-order valence-corrected chi connectivity index (χ2v) is 10.2. The summed E-state index contributed by atoms with van der Waals surface area (Å²) < 4.78 is 26.9. The highest BCUT2D eigenvalue weighted by Crippen LogP contribution is 2.30. The maximum absolute atomic E-state index is 12.9. The maximum Gasteiger partial charge on any atom is 0.317 e. The van der Waals surface area contributed by atoms with Crippen LogP contribution in [0.15, 0.2) is 53.4 Å². The minimum absolute atomic E-state index is 0.0131. The van der Waals surface area contributed by atoms with Crippen molar-refractivity contribution in [2.45, 2.75) is 24.3 Å². The second kappa shape index (κ2) is 9.77. The minimum Gasteiger partial charge on any atom is -0.334 e. The molecule has 180 valence electrons. The molecule has 2 aromatic carbocycles. The lowest BCUT2D eigenvalue weighted by Crippen LogP contribution is -2.52. The average molecular weight is 488 g/mol. The van der Waals surface area contributed by atoms with E-state index in [-0.39, 0.29) is 61.2 Å². The topological polar surface area (TPSA) is 142 Å². The predicted octanol–water partition coefficient (Wildman–Crippen LogP) is 2.16. The number of rotatable bonds is 7. The van der Waals surface area contributed by atoms with Crippen molar-refractivity contribution in [1.82, 2.24) is 14.5 Å². The number of hydrogen-bond acceptors (Lipinski definition) is 6. The lowest BCUT2D eigenvalue weighted by atomic mass is 10.2. The molecule has 1 aliphatic heterocycles. The molecule has 0 aromatic heterocycles. The number of nitrogens with zero attached hydrogens (tertiary/aromatic N) is 3. The molecule has 12 heteroatoms. The summed E-state index contributed by atoms with van der Waals surface area (Å²) in [5.41, 5.74) is 1.22. The van der Waals surface area contributed by atoms with Gasteiger partial charge in [-0.05, 0) is 36.6 Å². The Morgan fingerprint density at radius 3 is 2.41 bits per heavy atom. The first-order valence-corrected chi connectivity index (χ1v) is 12.4. The van der Waals surface area contributed by atoms with Gasteiger partial charge in [-0.25, -0.2) is 13.2 Å². The fourth-order valence-corrected chi connectivity index (χ4v) is 5.14. The van der Waals surface area contributed by atoms with Crippen LogP contribution < -0.4 is 10.6 Å². The molecule has 4 rings (SSSR count). The number of piperazine rings is 1. The Morgan fingerprint density at radius 2 is 1.74 bits per heavy atom. The Kier molecular flexibility index (Phi) is 6.80. The van der Waals surface area contributed by atoms with Crippen molar-refractivity contribution in [1.29, 1.82) is 0 Å². The van der Waals surface area contributed by atoms with E-state index in [2.05, 4.69) is 10.6 Å². The molecule has 0 bridgehead atoms. The van der Waals surface area contributed by atoms with E-state index >= 15 is 0 Å². The van der Waals surface area contributed by atoms with Crippen LogP contribution in [0.25, 0.3) is 0 Å². The zero-order valence-corrected chi connectivity index (χ0v) is 19.2. The third kappa shape index (κ3) is 5.51. The SMILES string of the molecule is O=C(Nc1cccc(CNC(=O)N2CCN(S(=O)(=O)c3cccc([N+](=O)[O-])c3)CC2)c1)C1CC1. The monoisotopic (exact) mass is 487 g/mol. The van der Waals surface area contributed by atoms with Crippen LogP contribution in [-0.2, 0) is 21.4 Å². The number of amides is 3. The summed E-state index contributed by atoms with van der Waals surface area (Å²) in [6.45, 7) is 0.815. The Hall–Kier alpha value is -3.51. The normalized spacial score (nSPS) is 16.6. The highest BCUT2D eigenvalue weighted by Gasteiger charge is 2.31. The summed E-state index contributed by atoms with van der Waals surface area (Å²) in [7, 11) is -3.90. The molecule has 2 fully saturated rings. The predicted molar refractivity (Wildman–Crippen MR) is 123 cm³/mol. The van der Waals surface area contributed by atoms with Crippen LogP contribution in [0.3, 0.4) is 0 Å². The number of carbonyl (C=O) groups excluding carboxylic acids is 2. The van der Waals surface area contributed by atoms with Crippen LogP contribution in [0.4, 0.5) is 16.2 Å². The Labute approximate surface area is 196 Å². The van der Waals surface area contributed by atoms with Crippen molar-refractivity contribution in [2.24, 2.45) is 5.92 Å². The van der Waals surface area contributed by atoms with Crippen LogP contribution in [0.2, 0.25) is 0 Å². The molecule has 1 saturated heterocycles. The molecule has 3 amide bonds. The van der Waals surface area contributed by atoms with E-state index in [0.717, 1.165) is 24.5 Å². The Bertz CT molecular complexity index is 1210. The van der Waals surface area contributed by atoms with Crippen molar-refractivity contribution >= 4 is 33.3 Å². The van der Waals surface area contributed by atoms with Gasteiger partial charge in [-0.15, -0.1) is 0 Å². The summed E-state index contributed by atoms with van der Waals surface area (Å²) in [4.78, 5) is 36.2. The number of hydrogen-bond donors (Lipinski definition) is 2. The van der Waals surface area contributed by atoms with Crippen molar-refractivity contribution in [3.8, 4) is 0 Å².